The number of nitrogens with two attached hydrogens (primary N) is 1. The van der Waals surface area contributed by atoms with Gasteiger partial charge in [0, 0.05) is 20.8 Å². The van der Waals surface area contributed by atoms with Crippen LogP contribution in [0.2, 0.25) is 0 Å². The predicted octanol–water partition coefficient (Wildman–Crippen LogP) is 4.94. The Morgan fingerprint density at radius 3 is 2.56 bits per heavy atom. The molecular formula is C15H16BrNS. The standard InChI is InChI=1S/C15H16BrNS/c1-10-3-6-15(11(2)7-10)18-9-12-4-5-13(17)8-14(12)16/h3-8H,9,17H2,1-2H3. The minimum atomic E-state index is 0.794. The lowest BCUT2D eigenvalue weighted by molar-refractivity contribution is 1.25. The van der Waals surface area contributed by atoms with Crippen molar-refractivity contribution >= 4 is 33.4 Å². The normalized spacial score (nSPS) is 10.6. The molecule has 0 unspecified atom stereocenters. The fourth-order valence-corrected chi connectivity index (χ4v) is 3.53. The van der Waals surface area contributed by atoms with Crippen LogP contribution in [0.25, 0.3) is 0 Å². The molecule has 2 aromatic rings. The van der Waals surface area contributed by atoms with Crippen LogP contribution in [-0.2, 0) is 5.75 Å². The predicted molar refractivity (Wildman–Crippen MR) is 84.0 cm³/mol. The molecule has 0 aromatic heterocycles. The number of hydrogen-bond donors (Lipinski definition) is 1. The molecule has 94 valence electrons. The highest BCUT2D eigenvalue weighted by Gasteiger charge is 2.04. The number of benzene rings is 2. The van der Waals surface area contributed by atoms with Gasteiger partial charge in [0.1, 0.15) is 0 Å². The van der Waals surface area contributed by atoms with Crippen LogP contribution in [0.5, 0.6) is 0 Å². The molecule has 0 saturated carbocycles. The lowest BCUT2D eigenvalue weighted by atomic mass is 10.2. The van der Waals surface area contributed by atoms with Crippen LogP contribution in [0.3, 0.4) is 0 Å². The summed E-state index contributed by atoms with van der Waals surface area (Å²) in [6, 6.07) is 12.6. The Labute approximate surface area is 121 Å². The van der Waals surface area contributed by atoms with Gasteiger partial charge in [0.25, 0.3) is 0 Å². The van der Waals surface area contributed by atoms with Crippen LogP contribution >= 0.6 is 27.7 Å². The van der Waals surface area contributed by atoms with Gasteiger partial charge in [-0.15, -0.1) is 11.8 Å². The first kappa shape index (κ1) is 13.5. The lowest BCUT2D eigenvalue weighted by Crippen LogP contribution is -1.89. The third kappa shape index (κ3) is 3.30. The van der Waals surface area contributed by atoms with E-state index < -0.39 is 0 Å². The number of hydrogen-bond acceptors (Lipinski definition) is 2. The third-order valence-corrected chi connectivity index (χ3v) is 4.75. The summed E-state index contributed by atoms with van der Waals surface area (Å²) in [5.74, 6) is 0.949. The van der Waals surface area contributed by atoms with E-state index in [2.05, 4.69) is 54.0 Å². The zero-order valence-corrected chi connectivity index (χ0v) is 12.9. The Kier molecular flexibility index (Phi) is 4.36. The van der Waals surface area contributed by atoms with Gasteiger partial charge < -0.3 is 5.73 Å². The molecule has 0 radical (unpaired) electrons. The van der Waals surface area contributed by atoms with E-state index >= 15 is 0 Å². The molecule has 0 fully saturated rings. The van der Waals surface area contributed by atoms with Crippen LogP contribution in [0.4, 0.5) is 5.69 Å². The summed E-state index contributed by atoms with van der Waals surface area (Å²) in [6.45, 7) is 4.28. The molecule has 18 heavy (non-hydrogen) atoms. The monoisotopic (exact) mass is 321 g/mol. The van der Waals surface area contributed by atoms with Gasteiger partial charge in [-0.05, 0) is 43.2 Å². The maximum Gasteiger partial charge on any atom is 0.0325 e. The summed E-state index contributed by atoms with van der Waals surface area (Å²) in [4.78, 5) is 1.34. The Morgan fingerprint density at radius 2 is 1.89 bits per heavy atom. The van der Waals surface area contributed by atoms with Crippen molar-refractivity contribution in [1.82, 2.24) is 0 Å². The topological polar surface area (TPSA) is 26.0 Å². The molecule has 0 saturated heterocycles. The minimum absolute atomic E-state index is 0.794. The number of aryl methyl sites for hydroxylation is 2. The Bertz CT molecular complexity index is 515. The molecular weight excluding hydrogens is 306 g/mol. The van der Waals surface area contributed by atoms with Crippen molar-refractivity contribution in [2.45, 2.75) is 24.5 Å². The molecule has 0 bridgehead atoms. The van der Waals surface area contributed by atoms with Gasteiger partial charge in [-0.25, -0.2) is 0 Å². The van der Waals surface area contributed by atoms with Crippen LogP contribution in [0, 0.1) is 13.8 Å². The van der Waals surface area contributed by atoms with Crippen LogP contribution in [0.1, 0.15) is 16.7 Å². The van der Waals surface area contributed by atoms with Crippen molar-refractivity contribution in [3.8, 4) is 0 Å². The summed E-state index contributed by atoms with van der Waals surface area (Å²) in [5, 5.41) is 0. The van der Waals surface area contributed by atoms with Crippen molar-refractivity contribution in [1.29, 1.82) is 0 Å². The summed E-state index contributed by atoms with van der Waals surface area (Å²) < 4.78 is 1.08. The average Bonchev–Trinajstić information content (AvgIpc) is 2.30. The van der Waals surface area contributed by atoms with Gasteiger partial charge in [0.2, 0.25) is 0 Å². The molecule has 0 atom stereocenters. The molecule has 1 nitrogen and oxygen atoms in total. The van der Waals surface area contributed by atoms with Crippen LogP contribution in [-0.4, -0.2) is 0 Å². The van der Waals surface area contributed by atoms with Crippen molar-refractivity contribution < 1.29 is 0 Å². The zero-order chi connectivity index (χ0) is 13.1. The lowest BCUT2D eigenvalue weighted by Gasteiger charge is -2.08. The van der Waals surface area contributed by atoms with E-state index in [1.165, 1.54) is 21.6 Å². The molecule has 0 heterocycles. The van der Waals surface area contributed by atoms with Gasteiger partial charge >= 0.3 is 0 Å². The summed E-state index contributed by atoms with van der Waals surface area (Å²) >= 11 is 5.42. The highest BCUT2D eigenvalue weighted by molar-refractivity contribution is 9.10. The first-order valence-electron chi connectivity index (χ1n) is 5.80. The second-order valence-electron chi connectivity index (χ2n) is 4.41. The number of nitrogen functional groups attached to an aromatic ring is 1. The maximum atomic E-state index is 5.74. The van der Waals surface area contributed by atoms with Gasteiger partial charge in [-0.3, -0.25) is 0 Å². The zero-order valence-electron chi connectivity index (χ0n) is 10.5. The number of halogens is 1. The van der Waals surface area contributed by atoms with E-state index in [9.17, 15) is 0 Å². The average molecular weight is 322 g/mol. The molecule has 0 aliphatic rings. The minimum Gasteiger partial charge on any atom is -0.399 e. The van der Waals surface area contributed by atoms with Gasteiger partial charge in [0.15, 0.2) is 0 Å². The second-order valence-corrected chi connectivity index (χ2v) is 6.28. The number of anilines is 1. The first-order chi connectivity index (χ1) is 8.56. The van der Waals surface area contributed by atoms with Crippen LogP contribution < -0.4 is 5.73 Å². The van der Waals surface area contributed by atoms with Crippen molar-refractivity contribution in [3.05, 3.63) is 57.6 Å². The molecule has 2 N–H and O–H groups in total. The van der Waals surface area contributed by atoms with Crippen molar-refractivity contribution in [2.24, 2.45) is 0 Å². The Morgan fingerprint density at radius 1 is 1.11 bits per heavy atom. The SMILES string of the molecule is Cc1ccc(SCc2ccc(N)cc2Br)c(C)c1. The van der Waals surface area contributed by atoms with Gasteiger partial charge in [-0.1, -0.05) is 39.7 Å². The van der Waals surface area contributed by atoms with Crippen molar-refractivity contribution in [2.75, 3.05) is 5.73 Å². The van der Waals surface area contributed by atoms with Gasteiger partial charge in [0.05, 0.1) is 0 Å². The highest BCUT2D eigenvalue weighted by atomic mass is 79.9. The van der Waals surface area contributed by atoms with Crippen molar-refractivity contribution in [3.63, 3.8) is 0 Å². The molecule has 0 spiro atoms. The van der Waals surface area contributed by atoms with E-state index in [1.54, 1.807) is 0 Å². The summed E-state index contributed by atoms with van der Waals surface area (Å²) in [7, 11) is 0. The summed E-state index contributed by atoms with van der Waals surface area (Å²) in [6.07, 6.45) is 0. The number of rotatable bonds is 3. The Hall–Kier alpha value is -0.930. The maximum absolute atomic E-state index is 5.74. The van der Waals surface area contributed by atoms with E-state index in [-0.39, 0.29) is 0 Å². The molecule has 2 aromatic carbocycles. The smallest absolute Gasteiger partial charge is 0.0325 e. The van der Waals surface area contributed by atoms with Crippen LogP contribution in [0.15, 0.2) is 45.8 Å². The molecule has 0 aliphatic carbocycles. The van der Waals surface area contributed by atoms with E-state index in [0.717, 1.165) is 15.9 Å². The van der Waals surface area contributed by atoms with Gasteiger partial charge in [-0.2, -0.15) is 0 Å². The molecule has 2 rings (SSSR count). The quantitative estimate of drug-likeness (QED) is 0.640. The second kappa shape index (κ2) is 5.81. The largest absolute Gasteiger partial charge is 0.399 e. The van der Waals surface area contributed by atoms with E-state index in [1.807, 2.05) is 23.9 Å². The summed E-state index contributed by atoms with van der Waals surface area (Å²) in [5.41, 5.74) is 10.5. The van der Waals surface area contributed by atoms with E-state index in [0.29, 0.717) is 0 Å². The van der Waals surface area contributed by atoms with E-state index in [4.69, 9.17) is 5.73 Å². The molecule has 0 aliphatic heterocycles. The fourth-order valence-electron chi connectivity index (χ4n) is 1.80. The Balaban J connectivity index is 2.11. The fraction of sp³-hybridized carbons (Fsp3) is 0.200. The molecule has 3 heteroatoms. The number of thioether (sulfide) groups is 1. The first-order valence-corrected chi connectivity index (χ1v) is 7.58. The molecule has 0 amide bonds. The highest BCUT2D eigenvalue weighted by Crippen LogP contribution is 2.30. The third-order valence-electron chi connectivity index (χ3n) is 2.79.